The molecular weight excluding hydrogens is 530 g/mol. The van der Waals surface area contributed by atoms with Gasteiger partial charge in [-0.2, -0.15) is 9.78 Å². The summed E-state index contributed by atoms with van der Waals surface area (Å²) in [5, 5.41) is 23.3. The average Bonchev–Trinajstić information content (AvgIpc) is 3.42. The van der Waals surface area contributed by atoms with Gasteiger partial charge in [0.2, 0.25) is 0 Å². The summed E-state index contributed by atoms with van der Waals surface area (Å²) in [7, 11) is 0. The van der Waals surface area contributed by atoms with Crippen LogP contribution < -0.4 is 11.2 Å². The van der Waals surface area contributed by atoms with Crippen LogP contribution in [0.2, 0.25) is 0 Å². The van der Waals surface area contributed by atoms with E-state index in [0.29, 0.717) is 6.42 Å². The molecule has 0 aromatic carbocycles. The van der Waals surface area contributed by atoms with Crippen molar-refractivity contribution in [2.24, 2.45) is 5.92 Å². The summed E-state index contributed by atoms with van der Waals surface area (Å²) in [6, 6.07) is 0. The normalized spacial score (nSPS) is 27.1. The topological polar surface area (TPSA) is 142 Å². The predicted molar refractivity (Wildman–Crippen MR) is 153 cm³/mol. The standard InChI is InChI=1S/C30H45N3O8/c1-7-22(16-25(36)37)30(6)40-26-23(18-34)39-28(27(26)41-30)33-29(38)32(24(35)17-31-33)15-14-21(5)13-9-12-20(4)11-8-10-19(2)3/h10,12,14,17,22-23,26-28,34H,7-9,11,13,15-16,18H2,1-6H3,(H,36,37)/b20-12+,21-14+/t22?,23-,26-,27-,28-,30?/m1/s1. The van der Waals surface area contributed by atoms with Gasteiger partial charge in [-0.3, -0.25) is 14.2 Å². The van der Waals surface area contributed by atoms with Gasteiger partial charge < -0.3 is 24.4 Å². The van der Waals surface area contributed by atoms with Crippen LogP contribution in [-0.2, 0) is 25.5 Å². The van der Waals surface area contributed by atoms with Crippen LogP contribution in [0.25, 0.3) is 0 Å². The zero-order chi connectivity index (χ0) is 30.3. The second kappa shape index (κ2) is 14.4. The first kappa shape index (κ1) is 32.7. The smallest absolute Gasteiger partial charge is 0.350 e. The van der Waals surface area contributed by atoms with Crippen molar-refractivity contribution >= 4 is 5.97 Å². The Morgan fingerprint density at radius 2 is 1.71 bits per heavy atom. The maximum Gasteiger partial charge on any atom is 0.350 e. The third-order valence-corrected chi connectivity index (χ3v) is 7.83. The molecule has 2 fully saturated rings. The fourth-order valence-electron chi connectivity index (χ4n) is 5.37. The number of ether oxygens (including phenoxy) is 3. The van der Waals surface area contributed by atoms with Gasteiger partial charge in [0.25, 0.3) is 5.56 Å². The minimum absolute atomic E-state index is 0.0745. The van der Waals surface area contributed by atoms with E-state index >= 15 is 0 Å². The van der Waals surface area contributed by atoms with Crippen molar-refractivity contribution in [2.45, 2.75) is 117 Å². The highest BCUT2D eigenvalue weighted by molar-refractivity contribution is 5.67. The van der Waals surface area contributed by atoms with Gasteiger partial charge in [-0.25, -0.2) is 4.79 Å². The largest absolute Gasteiger partial charge is 0.481 e. The van der Waals surface area contributed by atoms with Crippen molar-refractivity contribution in [3.8, 4) is 0 Å². The molecule has 0 bridgehead atoms. The van der Waals surface area contributed by atoms with Gasteiger partial charge in [0.1, 0.15) is 24.5 Å². The fraction of sp³-hybridized carbons (Fsp3) is 0.667. The molecule has 2 N–H and O–H groups in total. The number of aliphatic hydroxyl groups excluding tert-OH is 1. The molecule has 1 aromatic heterocycles. The number of aromatic nitrogens is 3. The number of carboxylic acids is 1. The van der Waals surface area contributed by atoms with E-state index in [9.17, 15) is 24.6 Å². The SMILES string of the molecule is CCC(CC(=O)O)C1(C)O[C@@H]2[C@H](O1)[C@@H](CO)O[C@H]2n1ncc(=O)n(C/C=C(\C)CC/C=C(\C)CCC=C(C)C)c1=O. The third-order valence-electron chi connectivity index (χ3n) is 7.83. The minimum Gasteiger partial charge on any atom is -0.481 e. The van der Waals surface area contributed by atoms with E-state index in [1.807, 2.05) is 19.9 Å². The van der Waals surface area contributed by atoms with Crippen molar-refractivity contribution in [3.05, 3.63) is 62.0 Å². The maximum atomic E-state index is 13.4. The van der Waals surface area contributed by atoms with E-state index < -0.39 is 60.1 Å². The Bertz CT molecular complexity index is 1280. The number of aliphatic carboxylic acids is 1. The van der Waals surface area contributed by atoms with Crippen LogP contribution in [-0.4, -0.2) is 61.2 Å². The van der Waals surface area contributed by atoms with Crippen molar-refractivity contribution in [1.29, 1.82) is 0 Å². The molecule has 2 aliphatic rings. The first-order valence-corrected chi connectivity index (χ1v) is 14.4. The van der Waals surface area contributed by atoms with Gasteiger partial charge in [0.05, 0.1) is 13.0 Å². The number of carbonyl (C=O) groups is 1. The summed E-state index contributed by atoms with van der Waals surface area (Å²) in [4.78, 5) is 37.4. The Labute approximate surface area is 241 Å². The van der Waals surface area contributed by atoms with Crippen LogP contribution in [0, 0.1) is 5.92 Å². The quantitative estimate of drug-likeness (QED) is 0.317. The molecule has 0 saturated carbocycles. The number of aliphatic hydroxyl groups is 1. The first-order valence-electron chi connectivity index (χ1n) is 14.4. The van der Waals surface area contributed by atoms with Gasteiger partial charge in [-0.05, 0) is 66.7 Å². The molecule has 2 saturated heterocycles. The van der Waals surface area contributed by atoms with Crippen molar-refractivity contribution in [2.75, 3.05) is 6.61 Å². The lowest BCUT2D eigenvalue weighted by Crippen LogP contribution is -2.45. The van der Waals surface area contributed by atoms with Crippen LogP contribution >= 0.6 is 0 Å². The number of carboxylic acid groups (broad SMARTS) is 1. The molecule has 1 aromatic rings. The summed E-state index contributed by atoms with van der Waals surface area (Å²) < 4.78 is 20.4. The molecule has 228 valence electrons. The summed E-state index contributed by atoms with van der Waals surface area (Å²) >= 11 is 0. The number of rotatable bonds is 14. The highest BCUT2D eigenvalue weighted by Crippen LogP contribution is 2.46. The number of hydrogen-bond donors (Lipinski definition) is 2. The molecule has 2 unspecified atom stereocenters. The summed E-state index contributed by atoms with van der Waals surface area (Å²) in [5.41, 5.74) is 2.49. The van der Waals surface area contributed by atoms with Gasteiger partial charge in [0.15, 0.2) is 12.0 Å². The third kappa shape index (κ3) is 8.12. The monoisotopic (exact) mass is 575 g/mol. The van der Waals surface area contributed by atoms with E-state index in [0.717, 1.165) is 46.7 Å². The number of hydrogen-bond acceptors (Lipinski definition) is 8. The molecule has 41 heavy (non-hydrogen) atoms. The van der Waals surface area contributed by atoms with Crippen LogP contribution in [0.4, 0.5) is 0 Å². The maximum absolute atomic E-state index is 13.4. The first-order chi connectivity index (χ1) is 19.4. The zero-order valence-corrected chi connectivity index (χ0v) is 25.0. The van der Waals surface area contributed by atoms with Crippen LogP contribution in [0.1, 0.15) is 86.3 Å². The summed E-state index contributed by atoms with van der Waals surface area (Å²) in [5.74, 6) is -2.70. The lowest BCUT2D eigenvalue weighted by atomic mass is 9.93. The molecule has 3 heterocycles. The van der Waals surface area contributed by atoms with E-state index in [1.54, 1.807) is 6.92 Å². The van der Waals surface area contributed by atoms with Gasteiger partial charge in [0, 0.05) is 12.5 Å². The van der Waals surface area contributed by atoms with E-state index in [-0.39, 0.29) is 13.0 Å². The molecule has 2 aliphatic heterocycles. The molecule has 11 heteroatoms. The summed E-state index contributed by atoms with van der Waals surface area (Å²) in [6.07, 6.45) is 7.96. The molecule has 0 spiro atoms. The number of allylic oxidation sites excluding steroid dienone is 6. The highest BCUT2D eigenvalue weighted by Gasteiger charge is 2.59. The second-order valence-corrected chi connectivity index (χ2v) is 11.4. The lowest BCUT2D eigenvalue weighted by molar-refractivity contribution is -0.239. The van der Waals surface area contributed by atoms with E-state index in [4.69, 9.17) is 14.2 Å². The van der Waals surface area contributed by atoms with Crippen LogP contribution in [0.15, 0.2) is 50.7 Å². The van der Waals surface area contributed by atoms with Crippen molar-refractivity contribution < 1.29 is 29.2 Å². The second-order valence-electron chi connectivity index (χ2n) is 11.4. The van der Waals surface area contributed by atoms with Crippen LogP contribution in [0.3, 0.4) is 0 Å². The number of nitrogens with zero attached hydrogens (tertiary/aromatic N) is 3. The molecule has 0 radical (unpaired) electrons. The lowest BCUT2D eigenvalue weighted by Gasteiger charge is -2.33. The average molecular weight is 576 g/mol. The zero-order valence-electron chi connectivity index (χ0n) is 25.0. The molecule has 0 amide bonds. The Morgan fingerprint density at radius 3 is 2.32 bits per heavy atom. The Kier molecular flexibility index (Phi) is 11.4. The molecule has 3 rings (SSSR count). The summed E-state index contributed by atoms with van der Waals surface area (Å²) in [6.45, 7) is 11.5. The van der Waals surface area contributed by atoms with Crippen molar-refractivity contribution in [1.82, 2.24) is 14.3 Å². The molecule has 6 atom stereocenters. The Balaban J connectivity index is 1.75. The molecule has 11 nitrogen and oxygen atoms in total. The van der Waals surface area contributed by atoms with E-state index in [1.165, 1.54) is 11.1 Å². The highest BCUT2D eigenvalue weighted by atomic mass is 16.8. The van der Waals surface area contributed by atoms with Gasteiger partial charge in [-0.1, -0.05) is 41.9 Å². The van der Waals surface area contributed by atoms with E-state index in [2.05, 4.69) is 38.0 Å². The Hall–Kier alpha value is -2.86. The van der Waals surface area contributed by atoms with Crippen LogP contribution in [0.5, 0.6) is 0 Å². The molecule has 0 aliphatic carbocycles. The predicted octanol–water partition coefficient (Wildman–Crippen LogP) is 3.72. The molecular formula is C30H45N3O8. The van der Waals surface area contributed by atoms with Crippen molar-refractivity contribution in [3.63, 3.8) is 0 Å². The number of fused-ring (bicyclic) bond motifs is 1. The minimum atomic E-state index is -1.26. The van der Waals surface area contributed by atoms with Gasteiger partial charge in [-0.15, -0.1) is 0 Å². The van der Waals surface area contributed by atoms with Gasteiger partial charge >= 0.3 is 11.7 Å². The fourth-order valence-corrected chi connectivity index (χ4v) is 5.37. The Morgan fingerprint density at radius 1 is 1.07 bits per heavy atom.